The summed E-state index contributed by atoms with van der Waals surface area (Å²) in [5.41, 5.74) is 0.553. The fourth-order valence-electron chi connectivity index (χ4n) is 2.40. The highest BCUT2D eigenvalue weighted by Crippen LogP contribution is 2.08. The van der Waals surface area contributed by atoms with Gasteiger partial charge in [-0.25, -0.2) is 0 Å². The Morgan fingerprint density at radius 3 is 2.68 bits per heavy atom. The molecule has 0 unspecified atom stereocenters. The van der Waals surface area contributed by atoms with Crippen molar-refractivity contribution in [1.82, 2.24) is 15.1 Å². The molecule has 0 saturated carbocycles. The summed E-state index contributed by atoms with van der Waals surface area (Å²) in [6, 6.07) is 7.34. The van der Waals surface area contributed by atoms with Crippen molar-refractivity contribution < 1.29 is 4.79 Å². The minimum Gasteiger partial charge on any atom is -0.352 e. The van der Waals surface area contributed by atoms with Gasteiger partial charge in [-0.2, -0.15) is 5.10 Å². The zero-order chi connectivity index (χ0) is 16.1. The molecule has 1 heterocycles. The van der Waals surface area contributed by atoms with Gasteiger partial charge in [0.2, 0.25) is 11.3 Å². The number of hydrogen-bond acceptors (Lipinski definition) is 3. The first-order chi connectivity index (χ1) is 10.5. The Morgan fingerprint density at radius 1 is 1.23 bits per heavy atom. The van der Waals surface area contributed by atoms with Crippen molar-refractivity contribution in [2.24, 2.45) is 5.92 Å². The fourth-order valence-corrected chi connectivity index (χ4v) is 2.40. The van der Waals surface area contributed by atoms with Gasteiger partial charge in [0.05, 0.1) is 11.7 Å². The van der Waals surface area contributed by atoms with E-state index in [0.717, 1.165) is 12.8 Å². The second-order valence-electron chi connectivity index (χ2n) is 6.12. The first-order valence-electron chi connectivity index (χ1n) is 7.71. The Hall–Kier alpha value is -2.17. The van der Waals surface area contributed by atoms with Crippen LogP contribution in [-0.4, -0.2) is 21.7 Å². The highest BCUT2D eigenvalue weighted by atomic mass is 16.2. The molecular weight excluding hydrogens is 278 g/mol. The summed E-state index contributed by atoms with van der Waals surface area (Å²) < 4.78 is 1.57. The smallest absolute Gasteiger partial charge is 0.241 e. The average molecular weight is 301 g/mol. The number of aromatic nitrogens is 2. The minimum atomic E-state index is -0.127. The van der Waals surface area contributed by atoms with Gasteiger partial charge in [-0.05, 0) is 37.8 Å². The summed E-state index contributed by atoms with van der Waals surface area (Å²) in [6.45, 7) is 6.47. The van der Waals surface area contributed by atoms with Crippen LogP contribution in [-0.2, 0) is 11.3 Å². The van der Waals surface area contributed by atoms with E-state index in [1.165, 1.54) is 6.20 Å². The lowest BCUT2D eigenvalue weighted by molar-refractivity contribution is -0.122. The Balaban J connectivity index is 2.06. The Kier molecular flexibility index (Phi) is 5.31. The molecule has 0 radical (unpaired) electrons. The highest BCUT2D eigenvalue weighted by Gasteiger charge is 2.11. The number of benzene rings is 1. The number of carbonyl (C=O) groups excluding carboxylic acids is 1. The van der Waals surface area contributed by atoms with Gasteiger partial charge in [0.15, 0.2) is 0 Å². The lowest BCUT2D eigenvalue weighted by Crippen LogP contribution is -2.36. The number of nitrogens with zero attached hydrogens (tertiary/aromatic N) is 2. The van der Waals surface area contributed by atoms with E-state index in [-0.39, 0.29) is 23.9 Å². The highest BCUT2D eigenvalue weighted by molar-refractivity contribution is 5.81. The van der Waals surface area contributed by atoms with E-state index in [9.17, 15) is 9.59 Å². The van der Waals surface area contributed by atoms with E-state index in [2.05, 4.69) is 24.3 Å². The van der Waals surface area contributed by atoms with Crippen LogP contribution >= 0.6 is 0 Å². The van der Waals surface area contributed by atoms with E-state index in [0.29, 0.717) is 16.8 Å². The van der Waals surface area contributed by atoms with Crippen molar-refractivity contribution in [2.45, 2.75) is 46.2 Å². The van der Waals surface area contributed by atoms with Crippen molar-refractivity contribution in [2.75, 3.05) is 0 Å². The topological polar surface area (TPSA) is 64.0 Å². The van der Waals surface area contributed by atoms with Crippen LogP contribution in [0.4, 0.5) is 0 Å². The van der Waals surface area contributed by atoms with E-state index in [4.69, 9.17) is 0 Å². The summed E-state index contributed by atoms with van der Waals surface area (Å²) in [6.07, 6.45) is 3.31. The predicted octanol–water partition coefficient (Wildman–Crippen LogP) is 2.34. The van der Waals surface area contributed by atoms with Gasteiger partial charge in [-0.3, -0.25) is 14.3 Å². The summed E-state index contributed by atoms with van der Waals surface area (Å²) in [5, 5.41) is 7.64. The summed E-state index contributed by atoms with van der Waals surface area (Å²) in [5.74, 6) is 0.543. The third-order valence-corrected chi connectivity index (χ3v) is 3.64. The molecule has 1 N–H and O–H groups in total. The summed E-state index contributed by atoms with van der Waals surface area (Å²) in [7, 11) is 0. The van der Waals surface area contributed by atoms with Crippen molar-refractivity contribution in [1.29, 1.82) is 0 Å². The standard InChI is InChI=1S/C17H23N3O2/c1-12(2)8-9-13(3)19-17(22)11-20-15-7-5-4-6-14(15)16(21)10-18-20/h4-7,10,12-13H,8-9,11H2,1-3H3,(H,19,22)/t13-/m1/s1. The predicted molar refractivity (Wildman–Crippen MR) is 87.7 cm³/mol. The molecule has 0 spiro atoms. The lowest BCUT2D eigenvalue weighted by Gasteiger charge is -2.16. The molecule has 118 valence electrons. The van der Waals surface area contributed by atoms with E-state index >= 15 is 0 Å². The average Bonchev–Trinajstić information content (AvgIpc) is 2.48. The molecule has 1 aromatic heterocycles. The molecule has 0 aliphatic carbocycles. The number of amides is 1. The lowest BCUT2D eigenvalue weighted by atomic mass is 10.0. The van der Waals surface area contributed by atoms with Crippen LogP contribution < -0.4 is 10.7 Å². The molecule has 0 aliphatic rings. The van der Waals surface area contributed by atoms with Crippen molar-refractivity contribution in [3.63, 3.8) is 0 Å². The molecule has 0 saturated heterocycles. The molecule has 2 aromatic rings. The van der Waals surface area contributed by atoms with Gasteiger partial charge >= 0.3 is 0 Å². The maximum Gasteiger partial charge on any atom is 0.241 e. The van der Waals surface area contributed by atoms with Gasteiger partial charge in [0, 0.05) is 11.4 Å². The monoisotopic (exact) mass is 301 g/mol. The van der Waals surface area contributed by atoms with E-state index in [1.54, 1.807) is 16.8 Å². The van der Waals surface area contributed by atoms with E-state index in [1.807, 2.05) is 19.1 Å². The summed E-state index contributed by atoms with van der Waals surface area (Å²) >= 11 is 0. The molecule has 0 bridgehead atoms. The number of para-hydroxylation sites is 1. The quantitative estimate of drug-likeness (QED) is 0.890. The van der Waals surface area contributed by atoms with Crippen molar-refractivity contribution in [3.05, 3.63) is 40.7 Å². The van der Waals surface area contributed by atoms with Crippen LogP contribution in [0.5, 0.6) is 0 Å². The summed E-state index contributed by atoms with van der Waals surface area (Å²) in [4.78, 5) is 23.9. The maximum absolute atomic E-state index is 12.1. The third kappa shape index (κ3) is 4.16. The first kappa shape index (κ1) is 16.2. The van der Waals surface area contributed by atoms with Gasteiger partial charge in [0.1, 0.15) is 6.54 Å². The number of nitrogens with one attached hydrogen (secondary N) is 1. The third-order valence-electron chi connectivity index (χ3n) is 3.64. The molecular formula is C17H23N3O2. The van der Waals surface area contributed by atoms with E-state index < -0.39 is 0 Å². The SMILES string of the molecule is CC(C)CC[C@@H](C)NC(=O)Cn1ncc(=O)c2ccccc21. The number of rotatable bonds is 6. The zero-order valence-electron chi connectivity index (χ0n) is 13.4. The zero-order valence-corrected chi connectivity index (χ0v) is 13.4. The Morgan fingerprint density at radius 2 is 1.95 bits per heavy atom. The second-order valence-corrected chi connectivity index (χ2v) is 6.12. The largest absolute Gasteiger partial charge is 0.352 e. The van der Waals surface area contributed by atoms with Crippen LogP contribution in [0, 0.1) is 5.92 Å². The Labute approximate surface area is 130 Å². The Bertz CT molecular complexity index is 706. The van der Waals surface area contributed by atoms with Crippen molar-refractivity contribution >= 4 is 16.8 Å². The van der Waals surface area contributed by atoms with Crippen LogP contribution in [0.25, 0.3) is 10.9 Å². The molecule has 5 nitrogen and oxygen atoms in total. The molecule has 0 fully saturated rings. The van der Waals surface area contributed by atoms with Gasteiger partial charge < -0.3 is 5.32 Å². The molecule has 1 amide bonds. The molecule has 1 atom stereocenters. The number of carbonyl (C=O) groups is 1. The van der Waals surface area contributed by atoms with Crippen LogP contribution in [0.3, 0.4) is 0 Å². The minimum absolute atomic E-state index is 0.0856. The second kappa shape index (κ2) is 7.20. The van der Waals surface area contributed by atoms with Crippen LogP contribution in [0.1, 0.15) is 33.6 Å². The van der Waals surface area contributed by atoms with Gasteiger partial charge in [0.25, 0.3) is 0 Å². The normalized spacial score (nSPS) is 12.5. The molecule has 5 heteroatoms. The van der Waals surface area contributed by atoms with Crippen molar-refractivity contribution in [3.8, 4) is 0 Å². The molecule has 2 rings (SSSR count). The number of hydrogen-bond donors (Lipinski definition) is 1. The van der Waals surface area contributed by atoms with Gasteiger partial charge in [-0.15, -0.1) is 0 Å². The molecule has 22 heavy (non-hydrogen) atoms. The molecule has 1 aromatic carbocycles. The van der Waals surface area contributed by atoms with Crippen LogP contribution in [0.2, 0.25) is 0 Å². The number of fused-ring (bicyclic) bond motifs is 1. The maximum atomic E-state index is 12.1. The fraction of sp³-hybridized carbons (Fsp3) is 0.471. The van der Waals surface area contributed by atoms with Crippen LogP contribution in [0.15, 0.2) is 35.3 Å². The van der Waals surface area contributed by atoms with Gasteiger partial charge in [-0.1, -0.05) is 26.0 Å². The first-order valence-corrected chi connectivity index (χ1v) is 7.71. The molecule has 0 aliphatic heterocycles.